The number of aromatic nitrogens is 5. The molecule has 1 atom stereocenters. The summed E-state index contributed by atoms with van der Waals surface area (Å²) >= 11 is 0. The summed E-state index contributed by atoms with van der Waals surface area (Å²) in [6.07, 6.45) is 3.31. The minimum Gasteiger partial charge on any atom is -0.348 e. The fraction of sp³-hybridized carbons (Fsp3) is 0.188. The molecule has 0 saturated heterocycles. The van der Waals surface area contributed by atoms with Crippen molar-refractivity contribution in [3.63, 3.8) is 0 Å². The molecule has 0 aliphatic carbocycles. The van der Waals surface area contributed by atoms with Gasteiger partial charge in [0.2, 0.25) is 11.7 Å². The summed E-state index contributed by atoms with van der Waals surface area (Å²) < 4.78 is 0. The zero-order chi connectivity index (χ0) is 16.1. The number of hydrogen-bond acceptors (Lipinski definition) is 5. The Labute approximate surface area is 133 Å². The van der Waals surface area contributed by atoms with Gasteiger partial charge in [-0.25, -0.2) is 0 Å². The Morgan fingerprint density at radius 1 is 1.17 bits per heavy atom. The van der Waals surface area contributed by atoms with Crippen molar-refractivity contribution in [2.45, 2.75) is 19.5 Å². The number of tetrazole rings is 1. The van der Waals surface area contributed by atoms with Crippen molar-refractivity contribution in [2.24, 2.45) is 0 Å². The second-order valence-corrected chi connectivity index (χ2v) is 5.08. The molecule has 0 saturated carbocycles. The van der Waals surface area contributed by atoms with Crippen molar-refractivity contribution in [1.82, 2.24) is 30.5 Å². The summed E-state index contributed by atoms with van der Waals surface area (Å²) in [5.74, 6) is 0.302. The molecule has 7 nitrogen and oxygen atoms in total. The smallest absolute Gasteiger partial charge is 0.244 e. The standard InChI is InChI=1S/C16H16N6O/c1-12(13-5-3-2-4-6-13)18-15(23)11-22-20-16(19-21-22)14-7-9-17-10-8-14/h2-10,12H,11H2,1H3,(H,18,23)/t12-/m0/s1. The highest BCUT2D eigenvalue weighted by Crippen LogP contribution is 2.12. The van der Waals surface area contributed by atoms with Crippen molar-refractivity contribution >= 4 is 5.91 Å². The van der Waals surface area contributed by atoms with Crippen LogP contribution in [0.3, 0.4) is 0 Å². The largest absolute Gasteiger partial charge is 0.348 e. The SMILES string of the molecule is C[C@H](NC(=O)Cn1nnc(-c2ccncc2)n1)c1ccccc1. The zero-order valence-corrected chi connectivity index (χ0v) is 12.6. The molecule has 7 heteroatoms. The zero-order valence-electron chi connectivity index (χ0n) is 12.6. The molecule has 0 unspecified atom stereocenters. The van der Waals surface area contributed by atoms with E-state index in [1.165, 1.54) is 4.80 Å². The Hall–Kier alpha value is -3.09. The summed E-state index contributed by atoms with van der Waals surface area (Å²) in [6.45, 7) is 1.96. The number of benzene rings is 1. The number of rotatable bonds is 5. The lowest BCUT2D eigenvalue weighted by Crippen LogP contribution is -2.30. The van der Waals surface area contributed by atoms with Crippen molar-refractivity contribution in [2.75, 3.05) is 0 Å². The van der Waals surface area contributed by atoms with E-state index in [0.717, 1.165) is 11.1 Å². The molecule has 1 N–H and O–H groups in total. The molecule has 1 aromatic carbocycles. The van der Waals surface area contributed by atoms with Gasteiger partial charge in [0.1, 0.15) is 6.54 Å². The van der Waals surface area contributed by atoms with Crippen LogP contribution in [0.4, 0.5) is 0 Å². The van der Waals surface area contributed by atoms with E-state index in [9.17, 15) is 4.79 Å². The van der Waals surface area contributed by atoms with Crippen LogP contribution < -0.4 is 5.32 Å². The van der Waals surface area contributed by atoms with Crippen molar-refractivity contribution < 1.29 is 4.79 Å². The van der Waals surface area contributed by atoms with Crippen LogP contribution in [-0.2, 0) is 11.3 Å². The second-order valence-electron chi connectivity index (χ2n) is 5.08. The van der Waals surface area contributed by atoms with E-state index in [2.05, 4.69) is 25.7 Å². The van der Waals surface area contributed by atoms with Crippen LogP contribution in [0.2, 0.25) is 0 Å². The van der Waals surface area contributed by atoms with Crippen molar-refractivity contribution in [3.05, 3.63) is 60.4 Å². The van der Waals surface area contributed by atoms with Crippen LogP contribution in [-0.4, -0.2) is 31.1 Å². The van der Waals surface area contributed by atoms with Crippen LogP contribution in [0.15, 0.2) is 54.9 Å². The third kappa shape index (κ3) is 3.76. The van der Waals surface area contributed by atoms with Crippen molar-refractivity contribution in [3.8, 4) is 11.4 Å². The molecule has 1 amide bonds. The minimum atomic E-state index is -0.167. The summed E-state index contributed by atoms with van der Waals surface area (Å²) in [7, 11) is 0. The first-order valence-electron chi connectivity index (χ1n) is 7.25. The lowest BCUT2D eigenvalue weighted by Gasteiger charge is -2.13. The number of carbonyl (C=O) groups is 1. The molecular formula is C16H16N6O. The van der Waals surface area contributed by atoms with E-state index in [0.29, 0.717) is 5.82 Å². The number of hydrogen-bond donors (Lipinski definition) is 1. The van der Waals surface area contributed by atoms with E-state index in [4.69, 9.17) is 0 Å². The molecule has 23 heavy (non-hydrogen) atoms. The highest BCUT2D eigenvalue weighted by atomic mass is 16.2. The fourth-order valence-electron chi connectivity index (χ4n) is 2.17. The lowest BCUT2D eigenvalue weighted by atomic mass is 10.1. The van der Waals surface area contributed by atoms with Gasteiger partial charge >= 0.3 is 0 Å². The van der Waals surface area contributed by atoms with Crippen LogP contribution in [0.5, 0.6) is 0 Å². The maximum Gasteiger partial charge on any atom is 0.244 e. The van der Waals surface area contributed by atoms with Crippen LogP contribution in [0.25, 0.3) is 11.4 Å². The average Bonchev–Trinajstić information content (AvgIpc) is 3.04. The first kappa shape index (κ1) is 14.8. The summed E-state index contributed by atoms with van der Waals surface area (Å²) in [5, 5.41) is 15.0. The molecule has 2 aromatic heterocycles. The molecule has 0 aliphatic rings. The Morgan fingerprint density at radius 3 is 2.65 bits per heavy atom. The molecular weight excluding hydrogens is 292 g/mol. The summed E-state index contributed by atoms with van der Waals surface area (Å²) in [5.41, 5.74) is 1.86. The average molecular weight is 308 g/mol. The summed E-state index contributed by atoms with van der Waals surface area (Å²) in [6, 6.07) is 13.3. The lowest BCUT2D eigenvalue weighted by molar-refractivity contribution is -0.122. The van der Waals surface area contributed by atoms with Crippen LogP contribution in [0.1, 0.15) is 18.5 Å². The number of pyridine rings is 1. The molecule has 3 aromatic rings. The maximum absolute atomic E-state index is 12.1. The Morgan fingerprint density at radius 2 is 1.91 bits per heavy atom. The van der Waals surface area contributed by atoms with Gasteiger partial charge in [-0.3, -0.25) is 9.78 Å². The van der Waals surface area contributed by atoms with Gasteiger partial charge in [0.15, 0.2) is 0 Å². The highest BCUT2D eigenvalue weighted by Gasteiger charge is 2.12. The monoisotopic (exact) mass is 308 g/mol. The third-order valence-electron chi connectivity index (χ3n) is 3.35. The third-order valence-corrected chi connectivity index (χ3v) is 3.35. The maximum atomic E-state index is 12.1. The van der Waals surface area contributed by atoms with E-state index < -0.39 is 0 Å². The second kappa shape index (κ2) is 6.78. The van der Waals surface area contributed by atoms with E-state index >= 15 is 0 Å². The minimum absolute atomic E-state index is 0.0231. The molecule has 3 rings (SSSR count). The van der Waals surface area contributed by atoms with Gasteiger partial charge < -0.3 is 5.32 Å². The fourth-order valence-corrected chi connectivity index (χ4v) is 2.17. The topological polar surface area (TPSA) is 85.6 Å². The summed E-state index contributed by atoms with van der Waals surface area (Å²) in [4.78, 5) is 17.3. The normalized spacial score (nSPS) is 11.9. The van der Waals surface area contributed by atoms with Crippen LogP contribution >= 0.6 is 0 Å². The molecule has 0 radical (unpaired) electrons. The van der Waals surface area contributed by atoms with E-state index in [-0.39, 0.29) is 18.5 Å². The number of nitrogens with zero attached hydrogens (tertiary/aromatic N) is 5. The molecule has 116 valence electrons. The van der Waals surface area contributed by atoms with Gasteiger partial charge in [0, 0.05) is 18.0 Å². The quantitative estimate of drug-likeness (QED) is 0.774. The highest BCUT2D eigenvalue weighted by molar-refractivity contribution is 5.76. The van der Waals surface area contributed by atoms with Gasteiger partial charge in [-0.2, -0.15) is 4.80 Å². The first-order chi connectivity index (χ1) is 11.2. The predicted octanol–water partition coefficient (Wildman–Crippen LogP) is 1.61. The molecule has 0 aliphatic heterocycles. The Kier molecular flexibility index (Phi) is 4.37. The predicted molar refractivity (Wildman–Crippen MR) is 84.0 cm³/mol. The first-order valence-corrected chi connectivity index (χ1v) is 7.25. The van der Waals surface area contributed by atoms with E-state index in [1.54, 1.807) is 24.5 Å². The molecule has 0 fully saturated rings. The van der Waals surface area contributed by atoms with Gasteiger partial charge in [0.05, 0.1) is 6.04 Å². The van der Waals surface area contributed by atoms with E-state index in [1.807, 2.05) is 37.3 Å². The number of amides is 1. The number of carbonyl (C=O) groups excluding carboxylic acids is 1. The van der Waals surface area contributed by atoms with Crippen molar-refractivity contribution in [1.29, 1.82) is 0 Å². The van der Waals surface area contributed by atoms with Gasteiger partial charge in [-0.05, 0) is 29.8 Å². The van der Waals surface area contributed by atoms with Crippen LogP contribution in [0, 0.1) is 0 Å². The van der Waals surface area contributed by atoms with Gasteiger partial charge in [-0.1, -0.05) is 30.3 Å². The molecule has 2 heterocycles. The Balaban J connectivity index is 1.61. The molecule has 0 bridgehead atoms. The van der Waals surface area contributed by atoms with Gasteiger partial charge in [-0.15, -0.1) is 10.2 Å². The Bertz CT molecular complexity index is 772. The molecule has 0 spiro atoms. The number of nitrogens with one attached hydrogen (secondary N) is 1. The van der Waals surface area contributed by atoms with Gasteiger partial charge in [0.25, 0.3) is 0 Å².